The number of halogens is 1. The smallest absolute Gasteiger partial charge is 0.334 e. The van der Waals surface area contributed by atoms with E-state index >= 15 is 0 Å². The van der Waals surface area contributed by atoms with E-state index < -0.39 is 21.4 Å². The predicted molar refractivity (Wildman–Crippen MR) is 117 cm³/mol. The quantitative estimate of drug-likeness (QED) is 0.337. The van der Waals surface area contributed by atoms with Gasteiger partial charge in [0.25, 0.3) is 5.69 Å². The number of nitrogens with zero attached hydrogens (tertiary/aromatic N) is 4. The lowest BCUT2D eigenvalue weighted by atomic mass is 10.1. The number of benzene rings is 2. The second kappa shape index (κ2) is 9.66. The third kappa shape index (κ3) is 5.43. The summed E-state index contributed by atoms with van der Waals surface area (Å²) in [4.78, 5) is 41.1. The van der Waals surface area contributed by atoms with Crippen molar-refractivity contribution in [2.24, 2.45) is 0 Å². The van der Waals surface area contributed by atoms with E-state index in [1.54, 1.807) is 25.1 Å². The molecule has 2 aromatic carbocycles. The SMILES string of the molecule is Cc1ccc(Cl)cc1Nc1ncnc(NNC(=O)Cc2ccc([N+](=O)[O-])cc2)c1[N+](=O)[O-]. The molecule has 3 N–H and O–H groups in total. The van der Waals surface area contributed by atoms with Gasteiger partial charge in [-0.15, -0.1) is 0 Å². The van der Waals surface area contributed by atoms with Crippen LogP contribution in [0.4, 0.5) is 28.7 Å². The molecule has 1 amide bonds. The lowest BCUT2D eigenvalue weighted by molar-refractivity contribution is -0.384. The summed E-state index contributed by atoms with van der Waals surface area (Å²) in [6.45, 7) is 1.79. The topological polar surface area (TPSA) is 165 Å². The predicted octanol–water partition coefficient (Wildman–Crippen LogP) is 3.68. The Bertz CT molecular complexity index is 1190. The Labute approximate surface area is 185 Å². The number of carbonyl (C=O) groups is 1. The van der Waals surface area contributed by atoms with E-state index in [0.717, 1.165) is 11.9 Å². The zero-order valence-electron chi connectivity index (χ0n) is 16.5. The molecule has 0 saturated heterocycles. The van der Waals surface area contributed by atoms with E-state index in [1.165, 1.54) is 24.3 Å². The van der Waals surface area contributed by atoms with E-state index in [0.29, 0.717) is 16.3 Å². The maximum absolute atomic E-state index is 12.2. The number of hydrogen-bond donors (Lipinski definition) is 3. The molecule has 3 aromatic rings. The number of nitro benzene ring substituents is 1. The van der Waals surface area contributed by atoms with Crippen LogP contribution in [-0.4, -0.2) is 25.7 Å². The summed E-state index contributed by atoms with van der Waals surface area (Å²) in [6, 6.07) is 10.5. The molecule has 0 unspecified atom stereocenters. The molecule has 3 rings (SSSR count). The highest BCUT2D eigenvalue weighted by Crippen LogP contribution is 2.32. The Hall–Kier alpha value is -4.32. The Morgan fingerprint density at radius 1 is 1.03 bits per heavy atom. The number of aromatic nitrogens is 2. The Balaban J connectivity index is 1.74. The van der Waals surface area contributed by atoms with Gasteiger partial charge in [0.05, 0.1) is 16.3 Å². The van der Waals surface area contributed by atoms with E-state index in [1.807, 2.05) is 0 Å². The first-order chi connectivity index (χ1) is 15.2. The average molecular weight is 458 g/mol. The highest BCUT2D eigenvalue weighted by atomic mass is 35.5. The number of carbonyl (C=O) groups excluding carboxylic acids is 1. The van der Waals surface area contributed by atoms with Crippen LogP contribution in [0, 0.1) is 27.2 Å². The third-order valence-electron chi connectivity index (χ3n) is 4.29. The van der Waals surface area contributed by atoms with Gasteiger partial charge in [-0.3, -0.25) is 35.9 Å². The molecule has 32 heavy (non-hydrogen) atoms. The summed E-state index contributed by atoms with van der Waals surface area (Å²) in [5.74, 6) is -0.862. The van der Waals surface area contributed by atoms with E-state index in [9.17, 15) is 25.0 Å². The van der Waals surface area contributed by atoms with Crippen molar-refractivity contribution < 1.29 is 14.6 Å². The van der Waals surface area contributed by atoms with Crippen molar-refractivity contribution in [3.63, 3.8) is 0 Å². The number of hydrogen-bond acceptors (Lipinski definition) is 9. The average Bonchev–Trinajstić information content (AvgIpc) is 2.75. The van der Waals surface area contributed by atoms with Gasteiger partial charge >= 0.3 is 5.69 Å². The van der Waals surface area contributed by atoms with Gasteiger partial charge in [-0.2, -0.15) is 0 Å². The second-order valence-electron chi connectivity index (χ2n) is 6.53. The first-order valence-electron chi connectivity index (χ1n) is 9.05. The monoisotopic (exact) mass is 457 g/mol. The van der Waals surface area contributed by atoms with Crippen molar-refractivity contribution >= 4 is 46.2 Å². The van der Waals surface area contributed by atoms with Crippen LogP contribution in [0.25, 0.3) is 0 Å². The molecule has 1 aromatic heterocycles. The lowest BCUT2D eigenvalue weighted by Crippen LogP contribution is -2.31. The summed E-state index contributed by atoms with van der Waals surface area (Å²) in [7, 11) is 0. The summed E-state index contributed by atoms with van der Waals surface area (Å²) >= 11 is 5.99. The van der Waals surface area contributed by atoms with E-state index in [2.05, 4.69) is 26.1 Å². The van der Waals surface area contributed by atoms with Crippen LogP contribution in [-0.2, 0) is 11.2 Å². The maximum Gasteiger partial charge on any atom is 0.355 e. The number of non-ortho nitro benzene ring substituents is 1. The van der Waals surface area contributed by atoms with Crippen LogP contribution in [0.3, 0.4) is 0 Å². The third-order valence-corrected chi connectivity index (χ3v) is 4.52. The summed E-state index contributed by atoms with van der Waals surface area (Å²) in [6.07, 6.45) is 0.983. The molecule has 1 heterocycles. The van der Waals surface area contributed by atoms with Crippen LogP contribution >= 0.6 is 11.6 Å². The molecule has 0 atom stereocenters. The largest absolute Gasteiger partial charge is 0.355 e. The van der Waals surface area contributed by atoms with Crippen molar-refractivity contribution in [3.05, 3.63) is 85.2 Å². The van der Waals surface area contributed by atoms with Crippen molar-refractivity contribution in [3.8, 4) is 0 Å². The minimum Gasteiger partial charge on any atom is -0.334 e. The van der Waals surface area contributed by atoms with Gasteiger partial charge in [-0.25, -0.2) is 9.97 Å². The molecule has 0 aliphatic rings. The normalized spacial score (nSPS) is 10.3. The summed E-state index contributed by atoms with van der Waals surface area (Å²) in [5, 5.41) is 25.7. The number of nitrogens with one attached hydrogen (secondary N) is 3. The Kier molecular flexibility index (Phi) is 6.75. The van der Waals surface area contributed by atoms with E-state index in [-0.39, 0.29) is 23.7 Å². The van der Waals surface area contributed by atoms with Crippen molar-refractivity contribution in [2.45, 2.75) is 13.3 Å². The van der Waals surface area contributed by atoms with Crippen LogP contribution in [0.5, 0.6) is 0 Å². The number of anilines is 3. The van der Waals surface area contributed by atoms with Gasteiger partial charge in [0, 0.05) is 22.8 Å². The molecule has 0 bridgehead atoms. The molecular formula is C19H16ClN7O5. The first kappa shape index (κ1) is 22.4. The fourth-order valence-corrected chi connectivity index (χ4v) is 2.86. The fourth-order valence-electron chi connectivity index (χ4n) is 2.69. The van der Waals surface area contributed by atoms with Crippen LogP contribution in [0.2, 0.25) is 5.02 Å². The van der Waals surface area contributed by atoms with Crippen molar-refractivity contribution in [1.82, 2.24) is 15.4 Å². The summed E-state index contributed by atoms with van der Waals surface area (Å²) in [5.41, 5.74) is 6.00. The molecule has 13 heteroatoms. The fraction of sp³-hybridized carbons (Fsp3) is 0.105. The van der Waals surface area contributed by atoms with Gasteiger partial charge in [-0.05, 0) is 30.2 Å². The number of rotatable bonds is 8. The zero-order chi connectivity index (χ0) is 23.3. The highest BCUT2D eigenvalue weighted by Gasteiger charge is 2.24. The molecular weight excluding hydrogens is 442 g/mol. The van der Waals surface area contributed by atoms with Gasteiger partial charge < -0.3 is 5.32 Å². The number of hydrazine groups is 1. The van der Waals surface area contributed by atoms with Crippen LogP contribution < -0.4 is 16.2 Å². The number of amides is 1. The van der Waals surface area contributed by atoms with Crippen LogP contribution in [0.1, 0.15) is 11.1 Å². The summed E-state index contributed by atoms with van der Waals surface area (Å²) < 4.78 is 0. The molecule has 0 spiro atoms. The Morgan fingerprint density at radius 2 is 1.72 bits per heavy atom. The molecule has 0 radical (unpaired) electrons. The molecule has 0 aliphatic heterocycles. The molecule has 0 aliphatic carbocycles. The maximum atomic E-state index is 12.2. The van der Waals surface area contributed by atoms with Gasteiger partial charge in [0.1, 0.15) is 6.33 Å². The van der Waals surface area contributed by atoms with E-state index in [4.69, 9.17) is 11.6 Å². The minimum atomic E-state index is -0.687. The van der Waals surface area contributed by atoms with Crippen LogP contribution in [0.15, 0.2) is 48.8 Å². The molecule has 12 nitrogen and oxygen atoms in total. The highest BCUT2D eigenvalue weighted by molar-refractivity contribution is 6.30. The zero-order valence-corrected chi connectivity index (χ0v) is 17.3. The number of aryl methyl sites for hydroxylation is 1. The van der Waals surface area contributed by atoms with Crippen molar-refractivity contribution in [2.75, 3.05) is 10.7 Å². The number of nitro groups is 2. The van der Waals surface area contributed by atoms with Gasteiger partial charge in [0.15, 0.2) is 0 Å². The minimum absolute atomic E-state index is 0.0949. The second-order valence-corrected chi connectivity index (χ2v) is 6.97. The molecule has 0 saturated carbocycles. The lowest BCUT2D eigenvalue weighted by Gasteiger charge is -2.12. The van der Waals surface area contributed by atoms with Gasteiger partial charge in [0.2, 0.25) is 17.5 Å². The standard InChI is InChI=1S/C19H16ClN7O5/c1-11-2-5-13(20)9-15(11)23-18-17(27(31)32)19(22-10-21-18)25-24-16(28)8-12-3-6-14(7-4-12)26(29)30/h2-7,9-10H,8H2,1H3,(H,24,28)(H2,21,22,23,25). The first-order valence-corrected chi connectivity index (χ1v) is 9.43. The Morgan fingerprint density at radius 3 is 2.38 bits per heavy atom. The van der Waals surface area contributed by atoms with Gasteiger partial charge in [-0.1, -0.05) is 29.8 Å². The molecule has 164 valence electrons. The van der Waals surface area contributed by atoms with Crippen molar-refractivity contribution in [1.29, 1.82) is 0 Å². The molecule has 0 fully saturated rings.